The highest BCUT2D eigenvalue weighted by molar-refractivity contribution is 5.27. The molecule has 4 heteroatoms. The molecule has 0 amide bonds. The summed E-state index contributed by atoms with van der Waals surface area (Å²) in [5.41, 5.74) is 2.54. The van der Waals surface area contributed by atoms with Crippen molar-refractivity contribution in [2.24, 2.45) is 0 Å². The molecule has 25 heavy (non-hydrogen) atoms. The van der Waals surface area contributed by atoms with Crippen molar-refractivity contribution < 1.29 is 9.13 Å². The first-order chi connectivity index (χ1) is 12.2. The largest absolute Gasteiger partial charge is 0.494 e. The van der Waals surface area contributed by atoms with E-state index in [9.17, 15) is 4.39 Å². The molecule has 1 aliphatic heterocycles. The highest BCUT2D eigenvalue weighted by Crippen LogP contribution is 2.15. The molecule has 2 aromatic rings. The van der Waals surface area contributed by atoms with Crippen LogP contribution in [0.3, 0.4) is 0 Å². The van der Waals surface area contributed by atoms with Crippen LogP contribution < -0.4 is 4.74 Å². The third-order valence-corrected chi connectivity index (χ3v) is 4.74. The van der Waals surface area contributed by atoms with E-state index in [1.165, 1.54) is 11.1 Å². The highest BCUT2D eigenvalue weighted by Gasteiger charge is 2.16. The Hall–Kier alpha value is -1.91. The zero-order chi connectivity index (χ0) is 17.5. The molecule has 2 aromatic carbocycles. The van der Waals surface area contributed by atoms with Crippen molar-refractivity contribution in [1.82, 2.24) is 9.80 Å². The molecule has 0 unspecified atom stereocenters. The molecule has 3 rings (SSSR count). The molecular formula is C21H27FN2O. The third-order valence-electron chi connectivity index (χ3n) is 4.74. The van der Waals surface area contributed by atoms with E-state index in [-0.39, 0.29) is 5.82 Å². The number of benzene rings is 2. The van der Waals surface area contributed by atoms with E-state index in [4.69, 9.17) is 4.74 Å². The van der Waals surface area contributed by atoms with Gasteiger partial charge in [-0.25, -0.2) is 4.39 Å². The molecule has 1 saturated heterocycles. The van der Waals surface area contributed by atoms with E-state index < -0.39 is 0 Å². The molecule has 0 spiro atoms. The second-order valence-electron chi connectivity index (χ2n) is 6.57. The predicted octanol–water partition coefficient (Wildman–Crippen LogP) is 3.58. The number of hydrogen-bond acceptors (Lipinski definition) is 3. The molecule has 0 saturated carbocycles. The Morgan fingerprint density at radius 2 is 1.44 bits per heavy atom. The fraction of sp³-hybridized carbons (Fsp3) is 0.429. The van der Waals surface area contributed by atoms with Crippen LogP contribution in [0.4, 0.5) is 4.39 Å². The Labute approximate surface area is 150 Å². The smallest absolute Gasteiger partial charge is 0.123 e. The van der Waals surface area contributed by atoms with Crippen molar-refractivity contribution >= 4 is 0 Å². The van der Waals surface area contributed by atoms with Gasteiger partial charge in [0.25, 0.3) is 0 Å². The van der Waals surface area contributed by atoms with Gasteiger partial charge in [0.1, 0.15) is 11.6 Å². The molecule has 0 radical (unpaired) electrons. The van der Waals surface area contributed by atoms with Crippen LogP contribution in [0, 0.1) is 5.82 Å². The molecule has 134 valence electrons. The number of ether oxygens (including phenoxy) is 1. The van der Waals surface area contributed by atoms with Gasteiger partial charge in [-0.1, -0.05) is 24.3 Å². The number of rotatable bonds is 7. The molecular weight excluding hydrogens is 315 g/mol. The Bertz CT molecular complexity index is 634. The van der Waals surface area contributed by atoms with Crippen LogP contribution in [0.5, 0.6) is 5.75 Å². The minimum atomic E-state index is -0.161. The van der Waals surface area contributed by atoms with Gasteiger partial charge in [0.2, 0.25) is 0 Å². The van der Waals surface area contributed by atoms with Crippen molar-refractivity contribution in [2.75, 3.05) is 39.3 Å². The van der Waals surface area contributed by atoms with Gasteiger partial charge in [-0.3, -0.25) is 4.90 Å². The molecule has 0 N–H and O–H groups in total. The van der Waals surface area contributed by atoms with Gasteiger partial charge in [0.05, 0.1) is 6.61 Å². The summed E-state index contributed by atoms with van der Waals surface area (Å²) < 4.78 is 18.4. The van der Waals surface area contributed by atoms with E-state index in [2.05, 4.69) is 34.1 Å². The zero-order valence-electron chi connectivity index (χ0n) is 15.0. The van der Waals surface area contributed by atoms with Crippen LogP contribution in [0.1, 0.15) is 18.1 Å². The molecule has 0 bridgehead atoms. The maximum atomic E-state index is 12.9. The van der Waals surface area contributed by atoms with Crippen molar-refractivity contribution in [3.8, 4) is 5.75 Å². The quantitative estimate of drug-likeness (QED) is 0.765. The summed E-state index contributed by atoms with van der Waals surface area (Å²) in [5.74, 6) is 0.781. The second-order valence-corrected chi connectivity index (χ2v) is 6.57. The lowest BCUT2D eigenvalue weighted by atomic mass is 10.1. The first-order valence-electron chi connectivity index (χ1n) is 9.14. The fourth-order valence-corrected chi connectivity index (χ4v) is 3.23. The predicted molar refractivity (Wildman–Crippen MR) is 99.4 cm³/mol. The van der Waals surface area contributed by atoms with E-state index in [1.54, 1.807) is 12.1 Å². The number of nitrogens with zero attached hydrogens (tertiary/aromatic N) is 2. The summed E-state index contributed by atoms with van der Waals surface area (Å²) in [6.45, 7) is 9.13. The highest BCUT2D eigenvalue weighted by atomic mass is 19.1. The lowest BCUT2D eigenvalue weighted by molar-refractivity contribution is 0.128. The van der Waals surface area contributed by atoms with Gasteiger partial charge in [-0.2, -0.15) is 0 Å². The summed E-state index contributed by atoms with van der Waals surface area (Å²) in [5, 5.41) is 0. The van der Waals surface area contributed by atoms with E-state index in [0.29, 0.717) is 6.61 Å². The fourth-order valence-electron chi connectivity index (χ4n) is 3.23. The van der Waals surface area contributed by atoms with Crippen LogP contribution >= 0.6 is 0 Å². The Kier molecular flexibility index (Phi) is 6.42. The minimum absolute atomic E-state index is 0.161. The minimum Gasteiger partial charge on any atom is -0.494 e. The second kappa shape index (κ2) is 8.97. The monoisotopic (exact) mass is 342 g/mol. The van der Waals surface area contributed by atoms with E-state index >= 15 is 0 Å². The number of halogens is 1. The standard InChI is InChI=1S/C21H27FN2O/c1-2-25-21-9-5-19(6-10-21)17-24-15-13-23(14-16-24)12-11-18-3-7-20(22)8-4-18/h3-10H,2,11-17H2,1H3. The molecule has 3 nitrogen and oxygen atoms in total. The van der Waals surface area contributed by atoms with Gasteiger partial charge in [0, 0.05) is 39.3 Å². The molecule has 1 heterocycles. The summed E-state index contributed by atoms with van der Waals surface area (Å²) >= 11 is 0. The first-order valence-corrected chi connectivity index (χ1v) is 9.14. The SMILES string of the molecule is CCOc1ccc(CN2CCN(CCc3ccc(F)cc3)CC2)cc1. The van der Waals surface area contributed by atoms with Gasteiger partial charge in [-0.15, -0.1) is 0 Å². The van der Waals surface area contributed by atoms with Gasteiger partial charge < -0.3 is 9.64 Å². The Balaban J connectivity index is 1.40. The number of piperazine rings is 1. The lowest BCUT2D eigenvalue weighted by Crippen LogP contribution is -2.46. The summed E-state index contributed by atoms with van der Waals surface area (Å²) in [4.78, 5) is 5.00. The van der Waals surface area contributed by atoms with Crippen LogP contribution in [0.2, 0.25) is 0 Å². The maximum absolute atomic E-state index is 12.9. The van der Waals surface area contributed by atoms with Gasteiger partial charge in [0.15, 0.2) is 0 Å². The number of hydrogen-bond donors (Lipinski definition) is 0. The topological polar surface area (TPSA) is 15.7 Å². The van der Waals surface area contributed by atoms with Crippen molar-refractivity contribution in [1.29, 1.82) is 0 Å². The van der Waals surface area contributed by atoms with Gasteiger partial charge in [-0.05, 0) is 48.7 Å². The maximum Gasteiger partial charge on any atom is 0.123 e. The zero-order valence-corrected chi connectivity index (χ0v) is 15.0. The van der Waals surface area contributed by atoms with Gasteiger partial charge >= 0.3 is 0 Å². The lowest BCUT2D eigenvalue weighted by Gasteiger charge is -2.34. The average molecular weight is 342 g/mol. The van der Waals surface area contributed by atoms with Crippen LogP contribution in [0.25, 0.3) is 0 Å². The van der Waals surface area contributed by atoms with Crippen LogP contribution in [-0.2, 0) is 13.0 Å². The average Bonchev–Trinajstić information content (AvgIpc) is 2.64. The summed E-state index contributed by atoms with van der Waals surface area (Å²) in [7, 11) is 0. The van der Waals surface area contributed by atoms with E-state index in [0.717, 1.165) is 51.4 Å². The molecule has 0 atom stereocenters. The molecule has 0 aromatic heterocycles. The van der Waals surface area contributed by atoms with Crippen molar-refractivity contribution in [3.63, 3.8) is 0 Å². The normalized spacial score (nSPS) is 16.1. The van der Waals surface area contributed by atoms with Crippen molar-refractivity contribution in [3.05, 3.63) is 65.5 Å². The van der Waals surface area contributed by atoms with Crippen LogP contribution in [0.15, 0.2) is 48.5 Å². The summed E-state index contributed by atoms with van der Waals surface area (Å²) in [6, 6.07) is 15.3. The molecule has 1 fully saturated rings. The Morgan fingerprint density at radius 1 is 0.840 bits per heavy atom. The molecule has 0 aliphatic carbocycles. The van der Waals surface area contributed by atoms with Crippen LogP contribution in [-0.4, -0.2) is 49.1 Å². The molecule has 1 aliphatic rings. The van der Waals surface area contributed by atoms with E-state index in [1.807, 2.05) is 19.1 Å². The first kappa shape index (κ1) is 17.9. The third kappa shape index (κ3) is 5.55. The van der Waals surface area contributed by atoms with Crippen molar-refractivity contribution in [2.45, 2.75) is 19.9 Å². The Morgan fingerprint density at radius 3 is 2.08 bits per heavy atom. The summed E-state index contributed by atoms with van der Waals surface area (Å²) in [6.07, 6.45) is 0.985.